The topological polar surface area (TPSA) is 86.2 Å². The van der Waals surface area contributed by atoms with Crippen molar-refractivity contribution >= 4 is 41.3 Å². The monoisotopic (exact) mass is 472 g/mol. The van der Waals surface area contributed by atoms with Crippen LogP contribution in [0, 0.1) is 0 Å². The average molecular weight is 473 g/mol. The molecule has 0 aliphatic carbocycles. The summed E-state index contributed by atoms with van der Waals surface area (Å²) >= 11 is 12.1. The lowest BCUT2D eigenvalue weighted by molar-refractivity contribution is 0.0729. The van der Waals surface area contributed by atoms with E-state index >= 15 is 0 Å². The maximum absolute atomic E-state index is 12.5. The van der Waals surface area contributed by atoms with E-state index in [1.165, 1.54) is 26.5 Å². The van der Waals surface area contributed by atoms with Gasteiger partial charge in [-0.3, -0.25) is 4.79 Å². The zero-order valence-electron chi connectivity index (χ0n) is 17.1. The van der Waals surface area contributed by atoms with Crippen molar-refractivity contribution in [3.63, 3.8) is 0 Å². The Bertz CT molecular complexity index is 1150. The molecule has 0 saturated carbocycles. The molecule has 0 saturated heterocycles. The Labute approximate surface area is 194 Å². The molecule has 0 atom stereocenters. The van der Waals surface area contributed by atoms with Gasteiger partial charge in [-0.05, 0) is 66.2 Å². The highest BCUT2D eigenvalue weighted by atomic mass is 35.5. The summed E-state index contributed by atoms with van der Waals surface area (Å²) in [5.41, 5.74) is 3.65. The van der Waals surface area contributed by atoms with E-state index in [0.29, 0.717) is 27.5 Å². The highest BCUT2D eigenvalue weighted by Gasteiger charge is 2.17. The standard InChI is InChI=1S/C23H18Cl2N2O5/c1-30-18-9-5-16(6-10-18)23(29)32-21-19(25)11-14(12-20(21)31-2)13-26-27-22(28)15-3-7-17(24)8-4-15/h3-13H,1-2H3,(H,27,28)/b26-13+. The van der Waals surface area contributed by atoms with Crippen molar-refractivity contribution in [1.29, 1.82) is 0 Å². The van der Waals surface area contributed by atoms with Crippen molar-refractivity contribution in [2.24, 2.45) is 5.10 Å². The molecule has 0 spiro atoms. The molecule has 7 nitrogen and oxygen atoms in total. The minimum Gasteiger partial charge on any atom is -0.497 e. The first-order valence-electron chi connectivity index (χ1n) is 9.24. The number of hydrazone groups is 1. The van der Waals surface area contributed by atoms with E-state index in [1.54, 1.807) is 54.6 Å². The number of nitrogens with one attached hydrogen (secondary N) is 1. The third-order valence-corrected chi connectivity index (χ3v) is 4.79. The average Bonchev–Trinajstić information content (AvgIpc) is 2.80. The molecule has 3 rings (SSSR count). The number of methoxy groups -OCH3 is 2. The number of halogens is 2. The number of esters is 1. The van der Waals surface area contributed by atoms with Crippen molar-refractivity contribution in [1.82, 2.24) is 5.43 Å². The highest BCUT2D eigenvalue weighted by molar-refractivity contribution is 6.32. The van der Waals surface area contributed by atoms with Gasteiger partial charge in [-0.15, -0.1) is 0 Å². The van der Waals surface area contributed by atoms with Gasteiger partial charge in [0.2, 0.25) is 0 Å². The van der Waals surface area contributed by atoms with Crippen LogP contribution >= 0.6 is 23.2 Å². The van der Waals surface area contributed by atoms with Crippen LogP contribution in [0.15, 0.2) is 65.8 Å². The third kappa shape index (κ3) is 5.78. The van der Waals surface area contributed by atoms with Crippen LogP contribution in [-0.2, 0) is 0 Å². The third-order valence-electron chi connectivity index (χ3n) is 4.26. The minimum atomic E-state index is -0.607. The van der Waals surface area contributed by atoms with Crippen LogP contribution in [0.2, 0.25) is 10.0 Å². The Morgan fingerprint density at radius 1 is 0.906 bits per heavy atom. The molecule has 0 radical (unpaired) electrons. The van der Waals surface area contributed by atoms with Gasteiger partial charge in [-0.2, -0.15) is 5.10 Å². The van der Waals surface area contributed by atoms with Gasteiger partial charge < -0.3 is 14.2 Å². The predicted octanol–water partition coefficient (Wildman–Crippen LogP) is 4.99. The van der Waals surface area contributed by atoms with Crippen LogP contribution in [0.1, 0.15) is 26.3 Å². The first kappa shape index (κ1) is 23.1. The van der Waals surface area contributed by atoms with Gasteiger partial charge in [0.15, 0.2) is 11.5 Å². The molecule has 3 aromatic rings. The molecule has 1 amide bonds. The molecule has 0 aromatic heterocycles. The second-order valence-corrected chi connectivity index (χ2v) is 7.20. The van der Waals surface area contributed by atoms with E-state index < -0.39 is 11.9 Å². The molecular weight excluding hydrogens is 455 g/mol. The molecule has 0 heterocycles. The SMILES string of the molecule is COc1ccc(C(=O)Oc2c(Cl)cc(/C=N/NC(=O)c3ccc(Cl)cc3)cc2OC)cc1. The molecule has 1 N–H and O–H groups in total. The van der Waals surface area contributed by atoms with Gasteiger partial charge in [0.05, 0.1) is 31.0 Å². The molecule has 164 valence electrons. The van der Waals surface area contributed by atoms with Gasteiger partial charge in [-0.1, -0.05) is 23.2 Å². The molecular formula is C23H18Cl2N2O5. The molecule has 3 aromatic carbocycles. The Morgan fingerprint density at radius 2 is 1.56 bits per heavy atom. The van der Waals surface area contributed by atoms with Gasteiger partial charge in [0.1, 0.15) is 5.75 Å². The summed E-state index contributed by atoms with van der Waals surface area (Å²) in [6.07, 6.45) is 1.39. The van der Waals surface area contributed by atoms with E-state index in [9.17, 15) is 9.59 Å². The van der Waals surface area contributed by atoms with E-state index in [0.717, 1.165) is 0 Å². The lowest BCUT2D eigenvalue weighted by Crippen LogP contribution is -2.17. The van der Waals surface area contributed by atoms with E-state index in [1.807, 2.05) is 0 Å². The zero-order valence-corrected chi connectivity index (χ0v) is 18.6. The van der Waals surface area contributed by atoms with Crippen LogP contribution in [0.3, 0.4) is 0 Å². The first-order chi connectivity index (χ1) is 15.4. The van der Waals surface area contributed by atoms with Crippen molar-refractivity contribution in [2.75, 3.05) is 14.2 Å². The van der Waals surface area contributed by atoms with Crippen LogP contribution in [0.5, 0.6) is 17.2 Å². The summed E-state index contributed by atoms with van der Waals surface area (Å²) < 4.78 is 15.8. The Kier molecular flexibility index (Phi) is 7.70. The van der Waals surface area contributed by atoms with Crippen molar-refractivity contribution in [2.45, 2.75) is 0 Å². The maximum Gasteiger partial charge on any atom is 0.343 e. The fraction of sp³-hybridized carbons (Fsp3) is 0.0870. The summed E-state index contributed by atoms with van der Waals surface area (Å²) in [7, 11) is 2.95. The summed E-state index contributed by atoms with van der Waals surface area (Å²) in [6.45, 7) is 0. The first-order valence-corrected chi connectivity index (χ1v) is 9.99. The molecule has 0 aliphatic rings. The summed E-state index contributed by atoms with van der Waals surface area (Å²) in [4.78, 5) is 24.6. The molecule has 32 heavy (non-hydrogen) atoms. The van der Waals surface area contributed by atoms with Crippen molar-refractivity contribution in [3.05, 3.63) is 87.4 Å². The number of ether oxygens (including phenoxy) is 3. The fourth-order valence-corrected chi connectivity index (χ4v) is 3.01. The van der Waals surface area contributed by atoms with Crippen LogP contribution in [0.4, 0.5) is 0 Å². The summed E-state index contributed by atoms with van der Waals surface area (Å²) in [6, 6.07) is 15.9. The van der Waals surface area contributed by atoms with E-state index in [2.05, 4.69) is 10.5 Å². The largest absolute Gasteiger partial charge is 0.497 e. The molecule has 0 aliphatic heterocycles. The maximum atomic E-state index is 12.5. The number of nitrogens with zero attached hydrogens (tertiary/aromatic N) is 1. The Balaban J connectivity index is 1.72. The van der Waals surface area contributed by atoms with E-state index in [-0.39, 0.29) is 16.5 Å². The van der Waals surface area contributed by atoms with Crippen LogP contribution < -0.4 is 19.6 Å². The lowest BCUT2D eigenvalue weighted by atomic mass is 10.2. The van der Waals surface area contributed by atoms with Gasteiger partial charge >= 0.3 is 5.97 Å². The highest BCUT2D eigenvalue weighted by Crippen LogP contribution is 2.36. The predicted molar refractivity (Wildman–Crippen MR) is 122 cm³/mol. The fourth-order valence-electron chi connectivity index (χ4n) is 2.62. The molecule has 0 fully saturated rings. The quantitative estimate of drug-likeness (QED) is 0.226. The van der Waals surface area contributed by atoms with Gasteiger partial charge in [0, 0.05) is 10.6 Å². The Morgan fingerprint density at radius 3 is 2.19 bits per heavy atom. The molecule has 0 unspecified atom stereocenters. The van der Waals surface area contributed by atoms with Crippen molar-refractivity contribution in [3.8, 4) is 17.2 Å². The second kappa shape index (κ2) is 10.7. The Hall–Kier alpha value is -3.55. The summed E-state index contributed by atoms with van der Waals surface area (Å²) in [5.74, 6) is -0.100. The number of carbonyl (C=O) groups excluding carboxylic acids is 2. The smallest absolute Gasteiger partial charge is 0.343 e. The number of hydrogen-bond donors (Lipinski definition) is 1. The van der Waals surface area contributed by atoms with Gasteiger partial charge in [0.25, 0.3) is 5.91 Å². The molecule has 0 bridgehead atoms. The normalized spacial score (nSPS) is 10.6. The van der Waals surface area contributed by atoms with Crippen LogP contribution in [0.25, 0.3) is 0 Å². The van der Waals surface area contributed by atoms with Gasteiger partial charge in [-0.25, -0.2) is 10.2 Å². The number of benzene rings is 3. The minimum absolute atomic E-state index is 0.0670. The number of amides is 1. The number of hydrogen-bond acceptors (Lipinski definition) is 6. The zero-order chi connectivity index (χ0) is 23.1. The molecule has 9 heteroatoms. The van der Waals surface area contributed by atoms with E-state index in [4.69, 9.17) is 37.4 Å². The second-order valence-electron chi connectivity index (χ2n) is 6.36. The van der Waals surface area contributed by atoms with Crippen LogP contribution in [-0.4, -0.2) is 32.3 Å². The number of carbonyl (C=O) groups is 2. The number of rotatable bonds is 7. The van der Waals surface area contributed by atoms with Crippen molar-refractivity contribution < 1.29 is 23.8 Å². The lowest BCUT2D eigenvalue weighted by Gasteiger charge is -2.12. The summed E-state index contributed by atoms with van der Waals surface area (Å²) in [5, 5.41) is 4.58.